The van der Waals surface area contributed by atoms with E-state index in [0.717, 1.165) is 5.56 Å². The number of carbonyl (C=O) groups is 1. The Labute approximate surface area is 146 Å². The van der Waals surface area contributed by atoms with E-state index < -0.39 is 6.10 Å². The molecule has 1 amide bonds. The molecule has 0 aromatic heterocycles. The number of methoxy groups -OCH3 is 3. The second kappa shape index (κ2) is 7.03. The Morgan fingerprint density at radius 2 is 1.80 bits per heavy atom. The van der Waals surface area contributed by atoms with Gasteiger partial charge in [0.25, 0.3) is 5.91 Å². The first-order valence-corrected chi connectivity index (χ1v) is 7.99. The number of rotatable bonds is 4. The second-order valence-electron chi connectivity index (χ2n) is 5.76. The van der Waals surface area contributed by atoms with Crippen molar-refractivity contribution >= 4 is 11.6 Å². The minimum atomic E-state index is -0.588. The van der Waals surface area contributed by atoms with Gasteiger partial charge in [-0.3, -0.25) is 4.79 Å². The zero-order chi connectivity index (χ0) is 18.0. The van der Waals surface area contributed by atoms with Crippen LogP contribution in [-0.2, 0) is 0 Å². The summed E-state index contributed by atoms with van der Waals surface area (Å²) in [6.07, 6.45) is -0.103. The van der Waals surface area contributed by atoms with Crippen molar-refractivity contribution in [3.63, 3.8) is 0 Å². The molecule has 0 spiro atoms. The van der Waals surface area contributed by atoms with Crippen LogP contribution in [0.25, 0.3) is 0 Å². The Balaban J connectivity index is 2.00. The third-order valence-corrected chi connectivity index (χ3v) is 4.39. The minimum Gasteiger partial charge on any atom is -0.497 e. The van der Waals surface area contributed by atoms with Crippen molar-refractivity contribution in [1.82, 2.24) is 0 Å². The first-order valence-electron chi connectivity index (χ1n) is 7.99. The molecule has 2 aromatic carbocycles. The van der Waals surface area contributed by atoms with Crippen LogP contribution < -0.4 is 19.1 Å². The van der Waals surface area contributed by atoms with Gasteiger partial charge < -0.3 is 24.2 Å². The predicted molar refractivity (Wildman–Crippen MR) is 93.8 cm³/mol. The van der Waals surface area contributed by atoms with Gasteiger partial charge in [-0.2, -0.15) is 0 Å². The fourth-order valence-corrected chi connectivity index (χ4v) is 3.03. The van der Waals surface area contributed by atoms with Crippen LogP contribution in [0.15, 0.2) is 36.4 Å². The van der Waals surface area contributed by atoms with Gasteiger partial charge in [-0.25, -0.2) is 0 Å². The van der Waals surface area contributed by atoms with E-state index in [1.165, 1.54) is 7.11 Å². The van der Waals surface area contributed by atoms with E-state index in [4.69, 9.17) is 14.2 Å². The highest BCUT2D eigenvalue weighted by molar-refractivity contribution is 6.07. The number of benzene rings is 2. The Kier molecular flexibility index (Phi) is 4.81. The van der Waals surface area contributed by atoms with Gasteiger partial charge in [0.15, 0.2) is 11.5 Å². The molecule has 1 N–H and O–H groups in total. The highest BCUT2D eigenvalue weighted by atomic mass is 16.5. The molecule has 25 heavy (non-hydrogen) atoms. The number of aliphatic hydroxyl groups excluding tert-OH is 1. The Morgan fingerprint density at radius 1 is 1.04 bits per heavy atom. The van der Waals surface area contributed by atoms with Crippen LogP contribution in [0, 0.1) is 0 Å². The standard InChI is InChI=1S/C19H21NO5/c1-23-13-5-6-14-15(11-13)20(9-8-16(14)21)19(22)12-4-7-17(24-2)18(10-12)25-3/h4-7,10-11,16,21H,8-9H2,1-3H3. The van der Waals surface area contributed by atoms with E-state index in [0.29, 0.717) is 41.5 Å². The molecule has 1 heterocycles. The lowest BCUT2D eigenvalue weighted by Crippen LogP contribution is -2.36. The molecular weight excluding hydrogens is 322 g/mol. The van der Waals surface area contributed by atoms with E-state index >= 15 is 0 Å². The molecule has 0 saturated carbocycles. The molecule has 6 nitrogen and oxygen atoms in total. The molecule has 0 bridgehead atoms. The van der Waals surface area contributed by atoms with Crippen LogP contribution in [0.1, 0.15) is 28.4 Å². The Hall–Kier alpha value is -2.73. The summed E-state index contributed by atoms with van der Waals surface area (Å²) in [5, 5.41) is 10.2. The molecule has 1 atom stereocenters. The SMILES string of the molecule is COc1ccc2c(c1)N(C(=O)c1ccc(OC)c(OC)c1)CCC2O. The molecular formula is C19H21NO5. The van der Waals surface area contributed by atoms with Crippen molar-refractivity contribution in [1.29, 1.82) is 0 Å². The first-order chi connectivity index (χ1) is 12.1. The normalized spacial score (nSPS) is 16.2. The molecule has 2 aromatic rings. The summed E-state index contributed by atoms with van der Waals surface area (Å²) < 4.78 is 15.8. The maximum absolute atomic E-state index is 13.0. The number of ether oxygens (including phenoxy) is 3. The number of aliphatic hydroxyl groups is 1. The zero-order valence-corrected chi connectivity index (χ0v) is 14.5. The largest absolute Gasteiger partial charge is 0.497 e. The number of hydrogen-bond acceptors (Lipinski definition) is 5. The van der Waals surface area contributed by atoms with Gasteiger partial charge >= 0.3 is 0 Å². The topological polar surface area (TPSA) is 68.2 Å². The lowest BCUT2D eigenvalue weighted by Gasteiger charge is -2.32. The molecule has 1 aliphatic rings. The van der Waals surface area contributed by atoms with E-state index in [1.54, 1.807) is 55.5 Å². The summed E-state index contributed by atoms with van der Waals surface area (Å²) >= 11 is 0. The maximum atomic E-state index is 13.0. The van der Waals surface area contributed by atoms with Crippen LogP contribution in [0.5, 0.6) is 17.2 Å². The first kappa shape index (κ1) is 17.1. The molecule has 1 unspecified atom stereocenters. The van der Waals surface area contributed by atoms with E-state index in [-0.39, 0.29) is 5.91 Å². The molecule has 0 aliphatic carbocycles. The van der Waals surface area contributed by atoms with Crippen molar-refractivity contribution in [3.8, 4) is 17.2 Å². The maximum Gasteiger partial charge on any atom is 0.258 e. The fraction of sp³-hybridized carbons (Fsp3) is 0.316. The predicted octanol–water partition coefficient (Wildman–Crippen LogP) is 2.80. The number of hydrogen-bond donors (Lipinski definition) is 1. The van der Waals surface area contributed by atoms with Gasteiger partial charge in [-0.05, 0) is 30.7 Å². The summed E-state index contributed by atoms with van der Waals surface area (Å²) in [6.45, 7) is 0.425. The summed E-state index contributed by atoms with van der Waals surface area (Å²) in [7, 11) is 4.65. The minimum absolute atomic E-state index is 0.164. The molecule has 3 rings (SSSR count). The molecule has 1 aliphatic heterocycles. The summed E-state index contributed by atoms with van der Waals surface area (Å²) in [6, 6.07) is 10.4. The fourth-order valence-electron chi connectivity index (χ4n) is 3.03. The van der Waals surface area contributed by atoms with E-state index in [2.05, 4.69) is 0 Å². The van der Waals surface area contributed by atoms with Crippen LogP contribution in [0.3, 0.4) is 0 Å². The zero-order valence-electron chi connectivity index (χ0n) is 14.5. The highest BCUT2D eigenvalue weighted by Crippen LogP contribution is 2.37. The average molecular weight is 343 g/mol. The van der Waals surface area contributed by atoms with Gasteiger partial charge in [-0.15, -0.1) is 0 Å². The quantitative estimate of drug-likeness (QED) is 0.924. The van der Waals surface area contributed by atoms with Crippen molar-refractivity contribution < 1.29 is 24.1 Å². The monoisotopic (exact) mass is 343 g/mol. The van der Waals surface area contributed by atoms with Gasteiger partial charge in [0, 0.05) is 23.7 Å². The average Bonchev–Trinajstić information content (AvgIpc) is 2.66. The number of anilines is 1. The summed E-state index contributed by atoms with van der Waals surface area (Å²) in [5.41, 5.74) is 1.88. The van der Waals surface area contributed by atoms with Crippen molar-refractivity contribution in [2.45, 2.75) is 12.5 Å². The molecule has 0 saturated heterocycles. The summed E-state index contributed by atoms with van der Waals surface area (Å²) in [5.74, 6) is 1.53. The van der Waals surface area contributed by atoms with E-state index in [1.807, 2.05) is 0 Å². The number of nitrogens with zero attached hydrogens (tertiary/aromatic N) is 1. The van der Waals surface area contributed by atoms with Gasteiger partial charge in [0.2, 0.25) is 0 Å². The third-order valence-electron chi connectivity index (χ3n) is 4.39. The van der Waals surface area contributed by atoms with Gasteiger partial charge in [0.1, 0.15) is 5.75 Å². The molecule has 6 heteroatoms. The van der Waals surface area contributed by atoms with Crippen LogP contribution in [-0.4, -0.2) is 38.9 Å². The number of amides is 1. The highest BCUT2D eigenvalue weighted by Gasteiger charge is 2.29. The van der Waals surface area contributed by atoms with Crippen molar-refractivity contribution in [3.05, 3.63) is 47.5 Å². The van der Waals surface area contributed by atoms with Gasteiger partial charge in [0.05, 0.1) is 33.1 Å². The van der Waals surface area contributed by atoms with Crippen LogP contribution in [0.2, 0.25) is 0 Å². The van der Waals surface area contributed by atoms with E-state index in [9.17, 15) is 9.90 Å². The summed E-state index contributed by atoms with van der Waals surface area (Å²) in [4.78, 5) is 14.7. The number of carbonyl (C=O) groups excluding carboxylic acids is 1. The van der Waals surface area contributed by atoms with Crippen molar-refractivity contribution in [2.75, 3.05) is 32.8 Å². The van der Waals surface area contributed by atoms with Crippen LogP contribution >= 0.6 is 0 Å². The molecule has 0 radical (unpaired) electrons. The number of fused-ring (bicyclic) bond motifs is 1. The van der Waals surface area contributed by atoms with Crippen LogP contribution in [0.4, 0.5) is 5.69 Å². The third kappa shape index (κ3) is 3.13. The van der Waals surface area contributed by atoms with Crippen molar-refractivity contribution in [2.24, 2.45) is 0 Å². The second-order valence-corrected chi connectivity index (χ2v) is 5.76. The van der Waals surface area contributed by atoms with Gasteiger partial charge in [-0.1, -0.05) is 6.07 Å². The lowest BCUT2D eigenvalue weighted by atomic mass is 9.97. The Bertz CT molecular complexity index is 789. The Morgan fingerprint density at radius 3 is 2.48 bits per heavy atom. The molecule has 0 fully saturated rings. The smallest absolute Gasteiger partial charge is 0.258 e. The molecule has 132 valence electrons. The lowest BCUT2D eigenvalue weighted by molar-refractivity contribution is 0.0970.